The molecule has 1 saturated heterocycles. The van der Waals surface area contributed by atoms with Crippen molar-refractivity contribution in [3.05, 3.63) is 0 Å². The first kappa shape index (κ1) is 11.5. The normalized spacial score (nSPS) is 30.0. The van der Waals surface area contributed by atoms with Crippen LogP contribution in [0.4, 0.5) is 0 Å². The van der Waals surface area contributed by atoms with E-state index in [1.807, 2.05) is 0 Å². The standard InChI is InChI=1S/C10H25NSi2/c1-5-10-9-12-11(6-2)13(10,7-3)8-4/h10H,5-9,12H2,1-4H3. The van der Waals surface area contributed by atoms with E-state index in [-0.39, 0.29) is 9.68 Å². The molecule has 0 saturated carbocycles. The summed E-state index contributed by atoms with van der Waals surface area (Å²) < 4.78 is 2.99. The Bertz CT molecular complexity index is 143. The minimum absolute atomic E-state index is 0.168. The summed E-state index contributed by atoms with van der Waals surface area (Å²) in [4.78, 5) is 0. The van der Waals surface area contributed by atoms with Crippen molar-refractivity contribution in [2.45, 2.75) is 57.8 Å². The van der Waals surface area contributed by atoms with Gasteiger partial charge < -0.3 is 4.23 Å². The molecule has 1 unspecified atom stereocenters. The smallest absolute Gasteiger partial charge is 0.123 e. The highest BCUT2D eigenvalue weighted by Crippen LogP contribution is 2.42. The van der Waals surface area contributed by atoms with Crippen LogP contribution in [0.2, 0.25) is 23.7 Å². The highest BCUT2D eigenvalue weighted by Gasteiger charge is 2.46. The largest absolute Gasteiger partial charge is 0.350 e. The predicted molar refractivity (Wildman–Crippen MR) is 66.5 cm³/mol. The maximum Gasteiger partial charge on any atom is 0.123 e. The quantitative estimate of drug-likeness (QED) is 0.652. The Hall–Kier alpha value is 0.394. The lowest BCUT2D eigenvalue weighted by Crippen LogP contribution is -2.51. The molecule has 1 fully saturated rings. The molecule has 0 bridgehead atoms. The van der Waals surface area contributed by atoms with Gasteiger partial charge in [0.2, 0.25) is 0 Å². The Morgan fingerprint density at radius 1 is 1.23 bits per heavy atom. The number of hydrogen-bond donors (Lipinski definition) is 0. The molecule has 0 spiro atoms. The van der Waals surface area contributed by atoms with Gasteiger partial charge in [-0.25, -0.2) is 0 Å². The molecule has 1 nitrogen and oxygen atoms in total. The molecule has 0 aromatic rings. The summed E-state index contributed by atoms with van der Waals surface area (Å²) in [7, 11) is -0.776. The Labute approximate surface area is 86.9 Å². The molecule has 13 heavy (non-hydrogen) atoms. The summed E-state index contributed by atoms with van der Waals surface area (Å²) in [5, 5.41) is 0. The van der Waals surface area contributed by atoms with E-state index in [0.717, 1.165) is 5.54 Å². The fraction of sp³-hybridized carbons (Fsp3) is 1.00. The Balaban J connectivity index is 2.81. The highest BCUT2D eigenvalue weighted by molar-refractivity contribution is 6.86. The van der Waals surface area contributed by atoms with Gasteiger partial charge in [0.05, 0.1) is 9.68 Å². The Kier molecular flexibility index (Phi) is 4.20. The summed E-state index contributed by atoms with van der Waals surface area (Å²) in [6, 6.07) is 4.63. The van der Waals surface area contributed by atoms with Gasteiger partial charge in [-0.15, -0.1) is 0 Å². The zero-order chi connectivity index (χ0) is 9.90. The van der Waals surface area contributed by atoms with Crippen LogP contribution in [0.1, 0.15) is 34.1 Å². The lowest BCUT2D eigenvalue weighted by molar-refractivity contribution is 0.658. The van der Waals surface area contributed by atoms with E-state index in [1.165, 1.54) is 25.1 Å². The maximum absolute atomic E-state index is 2.99. The third kappa shape index (κ3) is 1.78. The van der Waals surface area contributed by atoms with Crippen LogP contribution >= 0.6 is 0 Å². The molecule has 3 heteroatoms. The molecule has 1 aliphatic rings. The van der Waals surface area contributed by atoms with E-state index in [9.17, 15) is 0 Å². The van der Waals surface area contributed by atoms with Gasteiger partial charge in [0.1, 0.15) is 8.24 Å². The molecule has 1 heterocycles. The van der Waals surface area contributed by atoms with Crippen LogP contribution in [0.15, 0.2) is 0 Å². The minimum atomic E-state index is -0.944. The summed E-state index contributed by atoms with van der Waals surface area (Å²) in [5.74, 6) is 0. The Morgan fingerprint density at radius 3 is 2.23 bits per heavy atom. The van der Waals surface area contributed by atoms with Crippen LogP contribution in [0.3, 0.4) is 0 Å². The topological polar surface area (TPSA) is 3.24 Å². The van der Waals surface area contributed by atoms with E-state index >= 15 is 0 Å². The van der Waals surface area contributed by atoms with Crippen molar-refractivity contribution in [3.8, 4) is 0 Å². The van der Waals surface area contributed by atoms with E-state index in [4.69, 9.17) is 0 Å². The molecule has 0 amide bonds. The van der Waals surface area contributed by atoms with Gasteiger partial charge in [-0.05, 0) is 30.2 Å². The zero-order valence-electron chi connectivity index (χ0n) is 9.77. The van der Waals surface area contributed by atoms with Crippen molar-refractivity contribution in [1.29, 1.82) is 0 Å². The second-order valence-electron chi connectivity index (χ2n) is 4.28. The van der Waals surface area contributed by atoms with Gasteiger partial charge >= 0.3 is 0 Å². The summed E-state index contributed by atoms with van der Waals surface area (Å²) >= 11 is 0. The summed E-state index contributed by atoms with van der Waals surface area (Å²) in [6.45, 7) is 11.0. The Morgan fingerprint density at radius 2 is 1.85 bits per heavy atom. The van der Waals surface area contributed by atoms with Crippen LogP contribution in [0.5, 0.6) is 0 Å². The van der Waals surface area contributed by atoms with Crippen molar-refractivity contribution >= 4 is 17.9 Å². The average Bonchev–Trinajstić information content (AvgIpc) is 2.55. The first-order valence-corrected chi connectivity index (χ1v) is 10.1. The number of nitrogens with zero attached hydrogens (tertiary/aromatic N) is 1. The van der Waals surface area contributed by atoms with Gasteiger partial charge in [0, 0.05) is 0 Å². The van der Waals surface area contributed by atoms with Crippen molar-refractivity contribution in [1.82, 2.24) is 4.23 Å². The lowest BCUT2D eigenvalue weighted by Gasteiger charge is -2.39. The predicted octanol–water partition coefficient (Wildman–Crippen LogP) is 2.59. The SMILES string of the molecule is CCC1C[SiH2]N(CC)[Si]1(CC)CC. The van der Waals surface area contributed by atoms with E-state index < -0.39 is 8.24 Å². The molecule has 1 aliphatic heterocycles. The molecule has 1 rings (SSSR count). The summed E-state index contributed by atoms with van der Waals surface area (Å²) in [5.41, 5.74) is 1.15. The van der Waals surface area contributed by atoms with E-state index in [1.54, 1.807) is 6.04 Å². The molecular weight excluding hydrogens is 190 g/mol. The molecule has 78 valence electrons. The van der Waals surface area contributed by atoms with Crippen molar-refractivity contribution in [3.63, 3.8) is 0 Å². The van der Waals surface area contributed by atoms with Crippen molar-refractivity contribution < 1.29 is 0 Å². The molecule has 0 aromatic heterocycles. The molecule has 0 N–H and O–H groups in total. The van der Waals surface area contributed by atoms with Crippen LogP contribution in [0, 0.1) is 0 Å². The molecular formula is C10H25NSi2. The first-order chi connectivity index (χ1) is 6.25. The highest BCUT2D eigenvalue weighted by atomic mass is 28.4. The van der Waals surface area contributed by atoms with Crippen LogP contribution in [-0.2, 0) is 0 Å². The third-order valence-corrected chi connectivity index (χ3v) is 15.6. The first-order valence-electron chi connectivity index (χ1n) is 6.00. The summed E-state index contributed by atoms with van der Waals surface area (Å²) in [6.07, 6.45) is 1.46. The second-order valence-corrected chi connectivity index (χ2v) is 11.8. The van der Waals surface area contributed by atoms with Gasteiger partial charge in [-0.3, -0.25) is 0 Å². The lowest BCUT2D eigenvalue weighted by atomic mass is 10.4. The zero-order valence-corrected chi connectivity index (χ0v) is 12.2. The molecule has 0 aromatic carbocycles. The van der Waals surface area contributed by atoms with Crippen LogP contribution < -0.4 is 0 Å². The minimum Gasteiger partial charge on any atom is -0.350 e. The van der Waals surface area contributed by atoms with Gasteiger partial charge in [-0.1, -0.05) is 34.1 Å². The third-order valence-electron chi connectivity index (χ3n) is 4.24. The van der Waals surface area contributed by atoms with Crippen molar-refractivity contribution in [2.24, 2.45) is 0 Å². The van der Waals surface area contributed by atoms with Gasteiger partial charge in [0.25, 0.3) is 0 Å². The van der Waals surface area contributed by atoms with Gasteiger partial charge in [-0.2, -0.15) is 0 Å². The molecule has 0 radical (unpaired) electrons. The van der Waals surface area contributed by atoms with E-state index in [0.29, 0.717) is 0 Å². The fourth-order valence-electron chi connectivity index (χ4n) is 3.39. The van der Waals surface area contributed by atoms with E-state index in [2.05, 4.69) is 31.9 Å². The van der Waals surface area contributed by atoms with Crippen LogP contribution in [-0.4, -0.2) is 28.7 Å². The number of hydrogen-bond acceptors (Lipinski definition) is 1. The second kappa shape index (κ2) is 4.76. The molecule has 1 atom stereocenters. The fourth-order valence-corrected chi connectivity index (χ4v) is 16.0. The molecule has 0 aliphatic carbocycles. The maximum atomic E-state index is 2.99. The van der Waals surface area contributed by atoms with Crippen molar-refractivity contribution in [2.75, 3.05) is 6.54 Å². The average molecular weight is 215 g/mol. The van der Waals surface area contributed by atoms with Crippen LogP contribution in [0.25, 0.3) is 0 Å². The monoisotopic (exact) mass is 215 g/mol. The van der Waals surface area contributed by atoms with Gasteiger partial charge in [0.15, 0.2) is 0 Å². The number of rotatable bonds is 4.